The molecule has 0 aliphatic heterocycles. The minimum atomic E-state index is 0.201. The van der Waals surface area contributed by atoms with Gasteiger partial charge in [0.2, 0.25) is 5.28 Å². The Morgan fingerprint density at radius 2 is 1.77 bits per heavy atom. The minimum absolute atomic E-state index is 0.201. The summed E-state index contributed by atoms with van der Waals surface area (Å²) in [6.07, 6.45) is 0. The number of rotatable bonds is 4. The number of halogens is 1. The van der Waals surface area contributed by atoms with Crippen LogP contribution in [0.3, 0.4) is 0 Å². The van der Waals surface area contributed by atoms with E-state index in [-0.39, 0.29) is 5.28 Å². The molecule has 0 radical (unpaired) electrons. The van der Waals surface area contributed by atoms with Crippen LogP contribution in [0.5, 0.6) is 5.75 Å². The van der Waals surface area contributed by atoms with Gasteiger partial charge in [-0.15, -0.1) is 0 Å². The van der Waals surface area contributed by atoms with E-state index in [1.165, 1.54) is 0 Å². The molecule has 110 valence electrons. The third kappa shape index (κ3) is 3.35. The zero-order valence-electron chi connectivity index (χ0n) is 12.0. The lowest BCUT2D eigenvalue weighted by molar-refractivity contribution is 0.415. The van der Waals surface area contributed by atoms with E-state index in [9.17, 15) is 0 Å². The quantitative estimate of drug-likeness (QED) is 0.718. The predicted molar refractivity (Wildman–Crippen MR) is 88.8 cm³/mol. The van der Waals surface area contributed by atoms with Gasteiger partial charge in [0.25, 0.3) is 0 Å². The van der Waals surface area contributed by atoms with Crippen LogP contribution in [0.4, 0.5) is 11.5 Å². The third-order valence-electron chi connectivity index (χ3n) is 3.11. The summed E-state index contributed by atoms with van der Waals surface area (Å²) in [6, 6.07) is 19.3. The molecule has 0 saturated heterocycles. The fraction of sp³-hybridized carbons (Fsp3) is 0.0588. The summed E-state index contributed by atoms with van der Waals surface area (Å²) >= 11 is 6.04. The van der Waals surface area contributed by atoms with Crippen LogP contribution in [0.25, 0.3) is 11.3 Å². The van der Waals surface area contributed by atoms with Gasteiger partial charge in [-0.25, -0.2) is 9.97 Å². The Bertz CT molecular complexity index is 778. The van der Waals surface area contributed by atoms with Gasteiger partial charge >= 0.3 is 0 Å². The van der Waals surface area contributed by atoms with E-state index in [1.807, 2.05) is 60.7 Å². The van der Waals surface area contributed by atoms with Crippen molar-refractivity contribution in [3.8, 4) is 17.0 Å². The molecule has 4 nitrogen and oxygen atoms in total. The van der Waals surface area contributed by atoms with Gasteiger partial charge in [0.05, 0.1) is 12.8 Å². The Morgan fingerprint density at radius 3 is 2.55 bits per heavy atom. The largest absolute Gasteiger partial charge is 0.497 e. The van der Waals surface area contributed by atoms with Gasteiger partial charge < -0.3 is 10.1 Å². The number of aromatic nitrogens is 2. The van der Waals surface area contributed by atoms with E-state index in [4.69, 9.17) is 16.3 Å². The van der Waals surface area contributed by atoms with Gasteiger partial charge in [0.1, 0.15) is 11.6 Å². The van der Waals surface area contributed by atoms with Crippen LogP contribution in [0.15, 0.2) is 60.7 Å². The fourth-order valence-corrected chi connectivity index (χ4v) is 2.27. The maximum absolute atomic E-state index is 6.04. The number of ether oxygens (including phenoxy) is 1. The molecule has 0 spiro atoms. The van der Waals surface area contributed by atoms with Crippen molar-refractivity contribution in [3.63, 3.8) is 0 Å². The number of hydrogen-bond donors (Lipinski definition) is 1. The molecule has 1 aromatic heterocycles. The molecule has 3 rings (SSSR count). The average Bonchev–Trinajstić information content (AvgIpc) is 2.55. The van der Waals surface area contributed by atoms with Gasteiger partial charge in [0, 0.05) is 23.4 Å². The van der Waals surface area contributed by atoms with Crippen LogP contribution in [-0.4, -0.2) is 17.1 Å². The van der Waals surface area contributed by atoms with Crippen molar-refractivity contribution in [2.45, 2.75) is 0 Å². The fourth-order valence-electron chi connectivity index (χ4n) is 2.09. The van der Waals surface area contributed by atoms with Crippen LogP contribution < -0.4 is 10.1 Å². The first-order valence-corrected chi connectivity index (χ1v) is 7.13. The maximum Gasteiger partial charge on any atom is 0.224 e. The average molecular weight is 312 g/mol. The number of nitrogens with one attached hydrogen (secondary N) is 1. The summed E-state index contributed by atoms with van der Waals surface area (Å²) < 4.78 is 5.21. The van der Waals surface area contributed by atoms with Crippen LogP contribution in [-0.2, 0) is 0 Å². The van der Waals surface area contributed by atoms with Crippen molar-refractivity contribution in [2.75, 3.05) is 12.4 Å². The van der Waals surface area contributed by atoms with Gasteiger partial charge in [-0.05, 0) is 23.7 Å². The molecule has 0 amide bonds. The molecule has 0 unspecified atom stereocenters. The van der Waals surface area contributed by atoms with E-state index in [0.29, 0.717) is 5.82 Å². The summed E-state index contributed by atoms with van der Waals surface area (Å²) in [5.41, 5.74) is 2.62. The smallest absolute Gasteiger partial charge is 0.224 e. The molecular formula is C17H14ClN3O. The van der Waals surface area contributed by atoms with Crippen LogP contribution in [0, 0.1) is 0 Å². The molecule has 22 heavy (non-hydrogen) atoms. The Balaban J connectivity index is 1.92. The predicted octanol–water partition coefficient (Wildman–Crippen LogP) is 4.55. The van der Waals surface area contributed by atoms with Gasteiger partial charge in [-0.1, -0.05) is 36.4 Å². The Morgan fingerprint density at radius 1 is 0.955 bits per heavy atom. The standard InChI is InChI=1S/C17H14ClN3O/c1-22-14-9-5-8-13(10-14)19-16-11-15(20-17(18)21-16)12-6-3-2-4-7-12/h2-11H,1H3,(H,19,20,21). The van der Waals surface area contributed by atoms with E-state index in [0.717, 1.165) is 22.7 Å². The van der Waals surface area contributed by atoms with Crippen molar-refractivity contribution in [1.82, 2.24) is 9.97 Å². The molecule has 3 aromatic rings. The van der Waals surface area contributed by atoms with Crippen molar-refractivity contribution < 1.29 is 4.74 Å². The Kier molecular flexibility index (Phi) is 4.21. The van der Waals surface area contributed by atoms with Crippen LogP contribution in [0.2, 0.25) is 5.28 Å². The molecule has 0 aliphatic rings. The van der Waals surface area contributed by atoms with Crippen molar-refractivity contribution >= 4 is 23.1 Å². The maximum atomic E-state index is 6.04. The lowest BCUT2D eigenvalue weighted by atomic mass is 10.1. The molecule has 0 aliphatic carbocycles. The lowest BCUT2D eigenvalue weighted by Gasteiger charge is -2.09. The summed E-state index contributed by atoms with van der Waals surface area (Å²) in [7, 11) is 1.63. The van der Waals surface area contributed by atoms with Gasteiger partial charge in [0.15, 0.2) is 0 Å². The molecule has 1 N–H and O–H groups in total. The van der Waals surface area contributed by atoms with E-state index in [2.05, 4.69) is 15.3 Å². The van der Waals surface area contributed by atoms with Crippen molar-refractivity contribution in [3.05, 3.63) is 65.9 Å². The summed E-state index contributed by atoms with van der Waals surface area (Å²) in [5, 5.41) is 3.41. The highest BCUT2D eigenvalue weighted by molar-refractivity contribution is 6.28. The monoisotopic (exact) mass is 311 g/mol. The SMILES string of the molecule is COc1cccc(Nc2cc(-c3ccccc3)nc(Cl)n2)c1. The van der Waals surface area contributed by atoms with Crippen LogP contribution >= 0.6 is 11.6 Å². The number of anilines is 2. The molecule has 1 heterocycles. The number of nitrogens with zero attached hydrogens (tertiary/aromatic N) is 2. The van der Waals surface area contributed by atoms with Gasteiger partial charge in [-0.2, -0.15) is 0 Å². The molecule has 0 atom stereocenters. The number of benzene rings is 2. The highest BCUT2D eigenvalue weighted by atomic mass is 35.5. The zero-order valence-corrected chi connectivity index (χ0v) is 12.7. The second-order valence-electron chi connectivity index (χ2n) is 4.63. The van der Waals surface area contributed by atoms with E-state index < -0.39 is 0 Å². The zero-order chi connectivity index (χ0) is 15.4. The Hall–Kier alpha value is -2.59. The minimum Gasteiger partial charge on any atom is -0.497 e. The van der Waals surface area contributed by atoms with Crippen molar-refractivity contribution in [2.24, 2.45) is 0 Å². The van der Waals surface area contributed by atoms with E-state index >= 15 is 0 Å². The highest BCUT2D eigenvalue weighted by Gasteiger charge is 2.06. The normalized spacial score (nSPS) is 10.3. The van der Waals surface area contributed by atoms with Crippen molar-refractivity contribution in [1.29, 1.82) is 0 Å². The molecule has 0 fully saturated rings. The first kappa shape index (κ1) is 14.4. The number of hydrogen-bond acceptors (Lipinski definition) is 4. The summed E-state index contributed by atoms with van der Waals surface area (Å²) in [6.45, 7) is 0. The van der Waals surface area contributed by atoms with Gasteiger partial charge in [-0.3, -0.25) is 0 Å². The molecule has 0 bridgehead atoms. The van der Waals surface area contributed by atoms with E-state index in [1.54, 1.807) is 7.11 Å². The summed E-state index contributed by atoms with van der Waals surface area (Å²) in [5.74, 6) is 1.40. The molecule has 5 heteroatoms. The molecule has 2 aromatic carbocycles. The molecular weight excluding hydrogens is 298 g/mol. The second-order valence-corrected chi connectivity index (χ2v) is 4.97. The van der Waals surface area contributed by atoms with Crippen LogP contribution in [0.1, 0.15) is 0 Å². The topological polar surface area (TPSA) is 47.0 Å². The number of methoxy groups -OCH3 is 1. The first-order valence-electron chi connectivity index (χ1n) is 6.76. The summed E-state index contributed by atoms with van der Waals surface area (Å²) in [4.78, 5) is 8.48. The lowest BCUT2D eigenvalue weighted by Crippen LogP contribution is -1.97. The highest BCUT2D eigenvalue weighted by Crippen LogP contribution is 2.25. The third-order valence-corrected chi connectivity index (χ3v) is 3.28. The second kappa shape index (κ2) is 6.45. The molecule has 0 saturated carbocycles. The Labute approximate surface area is 133 Å². The first-order chi connectivity index (χ1) is 10.7.